The van der Waals surface area contributed by atoms with E-state index < -0.39 is 29.8 Å². The molecule has 184 valence electrons. The van der Waals surface area contributed by atoms with Gasteiger partial charge in [-0.25, -0.2) is 8.78 Å². The van der Waals surface area contributed by atoms with Crippen LogP contribution in [0.1, 0.15) is 39.8 Å². The standard InChI is InChI=1S/C32H21F5/c1-2-3-4-22-5-7-23(8-6-22)9-10-24-13-18-29-27(19-24)17-16-26(31(29)34)14-11-25-12-15-28(30(33)20-25)21-32(35,36)37/h2,5-8,12-13,15-20H,1,3-4,21H2. The van der Waals surface area contributed by atoms with Crippen molar-refractivity contribution in [3.8, 4) is 23.7 Å². The van der Waals surface area contributed by atoms with E-state index in [1.807, 2.05) is 30.3 Å². The fourth-order valence-corrected chi connectivity index (χ4v) is 3.76. The van der Waals surface area contributed by atoms with E-state index in [2.05, 4.69) is 30.3 Å². The number of halogens is 5. The predicted molar refractivity (Wildman–Crippen MR) is 137 cm³/mol. The Hall–Kier alpha value is -4.35. The molecule has 0 nitrogen and oxygen atoms in total. The van der Waals surface area contributed by atoms with Crippen LogP contribution in [0.3, 0.4) is 0 Å². The quantitative estimate of drug-likeness (QED) is 0.151. The Labute approximate surface area is 212 Å². The molecule has 37 heavy (non-hydrogen) atoms. The van der Waals surface area contributed by atoms with Crippen molar-refractivity contribution >= 4 is 10.8 Å². The van der Waals surface area contributed by atoms with Crippen LogP contribution in [0.25, 0.3) is 10.8 Å². The summed E-state index contributed by atoms with van der Waals surface area (Å²) < 4.78 is 66.6. The van der Waals surface area contributed by atoms with Crippen molar-refractivity contribution in [3.63, 3.8) is 0 Å². The van der Waals surface area contributed by atoms with Gasteiger partial charge in [-0.3, -0.25) is 0 Å². The second-order valence-electron chi connectivity index (χ2n) is 8.49. The van der Waals surface area contributed by atoms with Gasteiger partial charge in [0.1, 0.15) is 11.6 Å². The number of hydrogen-bond acceptors (Lipinski definition) is 0. The minimum atomic E-state index is -4.51. The summed E-state index contributed by atoms with van der Waals surface area (Å²) in [5.41, 5.74) is 2.62. The molecular weight excluding hydrogens is 479 g/mol. The zero-order valence-electron chi connectivity index (χ0n) is 19.7. The minimum absolute atomic E-state index is 0.0997. The van der Waals surface area contributed by atoms with Crippen LogP contribution in [0.2, 0.25) is 0 Å². The summed E-state index contributed by atoms with van der Waals surface area (Å²) in [6, 6.07) is 19.6. The fraction of sp³-hybridized carbons (Fsp3) is 0.125. The Morgan fingerprint density at radius 2 is 1.38 bits per heavy atom. The van der Waals surface area contributed by atoms with Crippen LogP contribution >= 0.6 is 0 Å². The van der Waals surface area contributed by atoms with Gasteiger partial charge in [-0.1, -0.05) is 60.1 Å². The van der Waals surface area contributed by atoms with E-state index in [0.717, 1.165) is 36.1 Å². The van der Waals surface area contributed by atoms with Gasteiger partial charge in [0.2, 0.25) is 0 Å². The van der Waals surface area contributed by atoms with Crippen molar-refractivity contribution in [1.29, 1.82) is 0 Å². The summed E-state index contributed by atoms with van der Waals surface area (Å²) in [5.74, 6) is 9.95. The highest BCUT2D eigenvalue weighted by molar-refractivity contribution is 5.86. The lowest BCUT2D eigenvalue weighted by Crippen LogP contribution is -2.12. The zero-order valence-corrected chi connectivity index (χ0v) is 19.7. The summed E-state index contributed by atoms with van der Waals surface area (Å²) >= 11 is 0. The lowest BCUT2D eigenvalue weighted by molar-refractivity contribution is -0.127. The van der Waals surface area contributed by atoms with Gasteiger partial charge in [-0.05, 0) is 71.8 Å². The van der Waals surface area contributed by atoms with Crippen molar-refractivity contribution in [2.45, 2.75) is 25.4 Å². The van der Waals surface area contributed by atoms with E-state index in [0.29, 0.717) is 10.8 Å². The number of fused-ring (bicyclic) bond motifs is 1. The molecule has 0 N–H and O–H groups in total. The van der Waals surface area contributed by atoms with Crippen LogP contribution < -0.4 is 0 Å². The number of benzene rings is 4. The number of allylic oxidation sites excluding steroid dienone is 1. The zero-order chi connectivity index (χ0) is 26.4. The van der Waals surface area contributed by atoms with E-state index in [4.69, 9.17) is 0 Å². The van der Waals surface area contributed by atoms with Crippen LogP contribution in [0.5, 0.6) is 0 Å². The normalized spacial score (nSPS) is 10.8. The number of alkyl halides is 3. The van der Waals surface area contributed by atoms with E-state index in [-0.39, 0.29) is 11.1 Å². The summed E-state index contributed by atoms with van der Waals surface area (Å²) in [7, 11) is 0. The largest absolute Gasteiger partial charge is 0.393 e. The first-order chi connectivity index (χ1) is 17.7. The maximum Gasteiger partial charge on any atom is 0.393 e. The van der Waals surface area contributed by atoms with Crippen LogP contribution in [-0.4, -0.2) is 6.18 Å². The molecule has 0 atom stereocenters. The van der Waals surface area contributed by atoms with E-state index >= 15 is 4.39 Å². The molecule has 0 radical (unpaired) electrons. The molecule has 0 spiro atoms. The predicted octanol–water partition coefficient (Wildman–Crippen LogP) is 8.14. The molecule has 4 aromatic rings. The molecular formula is C32H21F5. The van der Waals surface area contributed by atoms with Crippen molar-refractivity contribution in [3.05, 3.63) is 130 Å². The van der Waals surface area contributed by atoms with Gasteiger partial charge >= 0.3 is 6.18 Å². The maximum atomic E-state index is 15.1. The van der Waals surface area contributed by atoms with Crippen LogP contribution in [0.15, 0.2) is 85.5 Å². The van der Waals surface area contributed by atoms with Gasteiger partial charge in [0.15, 0.2) is 0 Å². The molecule has 0 aliphatic carbocycles. The third kappa shape index (κ3) is 6.87. The summed E-state index contributed by atoms with van der Waals surface area (Å²) in [6.45, 7) is 3.73. The average molecular weight is 501 g/mol. The molecule has 0 bridgehead atoms. The molecule has 4 aromatic carbocycles. The minimum Gasteiger partial charge on any atom is -0.207 e. The second-order valence-corrected chi connectivity index (χ2v) is 8.49. The van der Waals surface area contributed by atoms with Crippen molar-refractivity contribution in [1.82, 2.24) is 0 Å². The number of rotatable bonds is 4. The van der Waals surface area contributed by atoms with Crippen molar-refractivity contribution < 1.29 is 22.0 Å². The topological polar surface area (TPSA) is 0 Å². The number of aryl methyl sites for hydroxylation is 1. The molecule has 0 heterocycles. The van der Waals surface area contributed by atoms with E-state index in [1.54, 1.807) is 24.3 Å². The number of hydrogen-bond donors (Lipinski definition) is 0. The first kappa shape index (κ1) is 25.7. The van der Waals surface area contributed by atoms with Crippen molar-refractivity contribution in [2.24, 2.45) is 0 Å². The Kier molecular flexibility index (Phi) is 7.75. The SMILES string of the molecule is C=CCCc1ccc(C#Cc2ccc3c(F)c(C#Cc4ccc(CC(F)(F)F)c(F)c4)ccc3c2)cc1. The monoisotopic (exact) mass is 500 g/mol. The first-order valence-electron chi connectivity index (χ1n) is 11.5. The first-order valence-corrected chi connectivity index (χ1v) is 11.5. The molecule has 0 unspecified atom stereocenters. The van der Waals surface area contributed by atoms with Crippen LogP contribution in [0, 0.1) is 35.3 Å². The van der Waals surface area contributed by atoms with Crippen molar-refractivity contribution in [2.75, 3.05) is 0 Å². The Morgan fingerprint density at radius 1 is 0.730 bits per heavy atom. The third-order valence-electron chi connectivity index (χ3n) is 5.68. The Morgan fingerprint density at radius 3 is 2.08 bits per heavy atom. The highest BCUT2D eigenvalue weighted by atomic mass is 19.4. The lowest BCUT2D eigenvalue weighted by atomic mass is 10.0. The smallest absolute Gasteiger partial charge is 0.207 e. The molecule has 5 heteroatoms. The Balaban J connectivity index is 1.53. The molecule has 0 saturated carbocycles. The molecule has 0 aromatic heterocycles. The van der Waals surface area contributed by atoms with Gasteiger partial charge in [0, 0.05) is 22.1 Å². The molecule has 0 saturated heterocycles. The van der Waals surface area contributed by atoms with Crippen LogP contribution in [0.4, 0.5) is 22.0 Å². The molecule has 0 aliphatic heterocycles. The fourth-order valence-electron chi connectivity index (χ4n) is 3.76. The highest BCUT2D eigenvalue weighted by Gasteiger charge is 2.29. The second kappa shape index (κ2) is 11.1. The highest BCUT2D eigenvalue weighted by Crippen LogP contribution is 2.24. The van der Waals surface area contributed by atoms with Gasteiger partial charge in [0.05, 0.1) is 12.0 Å². The molecule has 0 aliphatic rings. The molecule has 0 amide bonds. The summed E-state index contributed by atoms with van der Waals surface area (Å²) in [6.07, 6.45) is -2.13. The van der Waals surface area contributed by atoms with E-state index in [9.17, 15) is 17.6 Å². The van der Waals surface area contributed by atoms with Gasteiger partial charge in [0.25, 0.3) is 0 Å². The lowest BCUT2D eigenvalue weighted by Gasteiger charge is -2.07. The summed E-state index contributed by atoms with van der Waals surface area (Å²) in [4.78, 5) is 0. The van der Waals surface area contributed by atoms with Gasteiger partial charge in [-0.2, -0.15) is 13.2 Å². The third-order valence-corrected chi connectivity index (χ3v) is 5.68. The summed E-state index contributed by atoms with van der Waals surface area (Å²) in [5, 5.41) is 1.01. The molecule has 4 rings (SSSR count). The molecule has 0 fully saturated rings. The van der Waals surface area contributed by atoms with E-state index in [1.165, 1.54) is 17.7 Å². The van der Waals surface area contributed by atoms with Gasteiger partial charge in [-0.15, -0.1) is 6.58 Å². The Bertz CT molecular complexity index is 1570. The average Bonchev–Trinajstić information content (AvgIpc) is 2.87. The van der Waals surface area contributed by atoms with Gasteiger partial charge < -0.3 is 0 Å². The maximum absolute atomic E-state index is 15.1. The van der Waals surface area contributed by atoms with Crippen LogP contribution in [-0.2, 0) is 12.8 Å².